The maximum absolute atomic E-state index is 12.5. The number of aromatic nitrogens is 5. The zero-order chi connectivity index (χ0) is 29.8. The lowest BCUT2D eigenvalue weighted by Gasteiger charge is -2.11. The fourth-order valence-corrected chi connectivity index (χ4v) is 6.03. The highest BCUT2D eigenvalue weighted by molar-refractivity contribution is 6.08. The van der Waals surface area contributed by atoms with Gasteiger partial charge in [0.1, 0.15) is 0 Å². The molecule has 8 rings (SSSR count). The average molecular weight is 570 g/mol. The second-order valence-corrected chi connectivity index (χ2v) is 11.1. The average Bonchev–Trinajstić information content (AvgIpc) is 3.31. The highest BCUT2D eigenvalue weighted by Crippen LogP contribution is 2.32. The first-order valence-electron chi connectivity index (χ1n) is 14.5. The third-order valence-electron chi connectivity index (χ3n) is 8.40. The molecule has 0 N–H and O–H groups in total. The van der Waals surface area contributed by atoms with Crippen LogP contribution in [-0.4, -0.2) is 24.1 Å². The van der Waals surface area contributed by atoms with Crippen LogP contribution >= 0.6 is 0 Å². The van der Waals surface area contributed by atoms with E-state index in [1.807, 2.05) is 54.6 Å². The minimum Gasteiger partial charge on any atom is -0.295 e. The van der Waals surface area contributed by atoms with Crippen molar-refractivity contribution in [3.63, 3.8) is 0 Å². The molecule has 0 atom stereocenters. The number of aryl methyl sites for hydroxylation is 2. The van der Waals surface area contributed by atoms with E-state index in [4.69, 9.17) is 15.0 Å². The van der Waals surface area contributed by atoms with Crippen LogP contribution in [0.3, 0.4) is 0 Å². The second-order valence-electron chi connectivity index (χ2n) is 11.1. The first-order valence-corrected chi connectivity index (χ1v) is 14.5. The monoisotopic (exact) mass is 569 g/mol. The normalized spacial score (nSPS) is 11.5. The molecule has 8 aromatic rings. The summed E-state index contributed by atoms with van der Waals surface area (Å²) in [5, 5.41) is 4.78. The summed E-state index contributed by atoms with van der Waals surface area (Å²) in [4.78, 5) is 27.4. The Hall–Kier alpha value is -5.88. The molecule has 0 amide bonds. The largest absolute Gasteiger partial charge is 0.328 e. The first-order chi connectivity index (χ1) is 21.5. The Morgan fingerprint density at radius 3 is 1.82 bits per heavy atom. The standard InChI is InChI=1S/C38H27N5O/c1-42-33-20-18-27(23-34(33)43(2)38(42)44)26-12-8-13-29(21-26)36-39-35(25-10-4-3-5-11-25)40-37(41-36)30-17-19-32-28(22-30)16-15-24-9-6-7-14-31(24)32/h3-23H,1-2H3. The summed E-state index contributed by atoms with van der Waals surface area (Å²) < 4.78 is 3.35. The van der Waals surface area contributed by atoms with Gasteiger partial charge in [-0.15, -0.1) is 0 Å². The van der Waals surface area contributed by atoms with Gasteiger partial charge in [0.25, 0.3) is 0 Å². The number of hydrogen-bond acceptors (Lipinski definition) is 4. The van der Waals surface area contributed by atoms with Gasteiger partial charge >= 0.3 is 5.69 Å². The number of rotatable bonds is 4. The van der Waals surface area contributed by atoms with Crippen molar-refractivity contribution in [3.05, 3.63) is 138 Å². The fraction of sp³-hybridized carbons (Fsp3) is 0.0526. The molecule has 2 aromatic heterocycles. The molecule has 6 heteroatoms. The molecule has 44 heavy (non-hydrogen) atoms. The summed E-state index contributed by atoms with van der Waals surface area (Å²) in [6.45, 7) is 0. The summed E-state index contributed by atoms with van der Waals surface area (Å²) >= 11 is 0. The molecule has 0 spiro atoms. The Balaban J connectivity index is 1.27. The molecule has 0 fully saturated rings. The summed E-state index contributed by atoms with van der Waals surface area (Å²) in [5.74, 6) is 1.84. The summed E-state index contributed by atoms with van der Waals surface area (Å²) in [7, 11) is 3.60. The number of imidazole rings is 1. The van der Waals surface area contributed by atoms with E-state index in [-0.39, 0.29) is 5.69 Å². The van der Waals surface area contributed by atoms with E-state index in [1.54, 1.807) is 23.2 Å². The number of hydrogen-bond donors (Lipinski definition) is 0. The van der Waals surface area contributed by atoms with Crippen LogP contribution in [0.15, 0.2) is 132 Å². The molecule has 6 nitrogen and oxygen atoms in total. The predicted molar refractivity (Wildman–Crippen MR) is 178 cm³/mol. The molecule has 0 aliphatic carbocycles. The minimum atomic E-state index is -0.0427. The van der Waals surface area contributed by atoms with Crippen molar-refractivity contribution in [2.24, 2.45) is 14.1 Å². The van der Waals surface area contributed by atoms with Crippen LogP contribution in [0.2, 0.25) is 0 Å². The van der Waals surface area contributed by atoms with Crippen LogP contribution in [0.1, 0.15) is 0 Å². The van der Waals surface area contributed by atoms with Crippen molar-refractivity contribution < 1.29 is 0 Å². The van der Waals surface area contributed by atoms with Crippen molar-refractivity contribution in [2.45, 2.75) is 0 Å². The van der Waals surface area contributed by atoms with Gasteiger partial charge in [-0.05, 0) is 56.9 Å². The van der Waals surface area contributed by atoms with Gasteiger partial charge in [-0.2, -0.15) is 0 Å². The zero-order valence-electron chi connectivity index (χ0n) is 24.3. The van der Waals surface area contributed by atoms with E-state index in [2.05, 4.69) is 72.8 Å². The van der Waals surface area contributed by atoms with Gasteiger partial charge in [0.15, 0.2) is 17.5 Å². The fourth-order valence-electron chi connectivity index (χ4n) is 6.03. The molecule has 2 heterocycles. The molecule has 0 saturated carbocycles. The van der Waals surface area contributed by atoms with E-state index >= 15 is 0 Å². The quantitative estimate of drug-likeness (QED) is 0.201. The van der Waals surface area contributed by atoms with E-state index in [0.717, 1.165) is 44.2 Å². The number of benzene rings is 6. The van der Waals surface area contributed by atoms with Gasteiger partial charge in [-0.3, -0.25) is 9.13 Å². The van der Waals surface area contributed by atoms with Gasteiger partial charge < -0.3 is 0 Å². The molecule has 0 unspecified atom stereocenters. The van der Waals surface area contributed by atoms with E-state index in [0.29, 0.717) is 17.5 Å². The molecule has 210 valence electrons. The van der Waals surface area contributed by atoms with E-state index in [9.17, 15) is 4.79 Å². The Bertz CT molecular complexity index is 2440. The van der Waals surface area contributed by atoms with Crippen LogP contribution in [0, 0.1) is 0 Å². The highest BCUT2D eigenvalue weighted by Gasteiger charge is 2.15. The van der Waals surface area contributed by atoms with Gasteiger partial charge in [0.2, 0.25) is 0 Å². The topological polar surface area (TPSA) is 65.6 Å². The van der Waals surface area contributed by atoms with Crippen molar-refractivity contribution >= 4 is 32.6 Å². The first kappa shape index (κ1) is 25.8. The maximum atomic E-state index is 12.5. The van der Waals surface area contributed by atoms with Crippen LogP contribution in [0.25, 0.3) is 77.9 Å². The van der Waals surface area contributed by atoms with Gasteiger partial charge in [-0.1, -0.05) is 103 Å². The zero-order valence-corrected chi connectivity index (χ0v) is 24.3. The third kappa shape index (κ3) is 4.27. The smallest absolute Gasteiger partial charge is 0.295 e. The SMILES string of the molecule is Cn1c(=O)n(C)c2cc(-c3cccc(-c4nc(-c5ccccc5)nc(-c5ccc6c(ccc7ccccc76)c5)n4)c3)ccc21. The second kappa shape index (κ2) is 10.1. The molecule has 0 radical (unpaired) electrons. The summed E-state index contributed by atoms with van der Waals surface area (Å²) in [6, 6.07) is 43.5. The van der Waals surface area contributed by atoms with Crippen LogP contribution < -0.4 is 5.69 Å². The van der Waals surface area contributed by atoms with E-state index < -0.39 is 0 Å². The predicted octanol–water partition coefficient (Wildman–Crippen LogP) is 8.04. The lowest BCUT2D eigenvalue weighted by Crippen LogP contribution is -2.19. The van der Waals surface area contributed by atoms with Crippen molar-refractivity contribution in [1.29, 1.82) is 0 Å². The Labute approximate surface area is 253 Å². The molecular weight excluding hydrogens is 542 g/mol. The summed E-state index contributed by atoms with van der Waals surface area (Å²) in [6.07, 6.45) is 0. The lowest BCUT2D eigenvalue weighted by atomic mass is 10.00. The Kier molecular flexibility index (Phi) is 5.94. The van der Waals surface area contributed by atoms with Crippen molar-refractivity contribution in [2.75, 3.05) is 0 Å². The third-order valence-corrected chi connectivity index (χ3v) is 8.40. The molecular formula is C38H27N5O. The lowest BCUT2D eigenvalue weighted by molar-refractivity contribution is 0.795. The van der Waals surface area contributed by atoms with Gasteiger partial charge in [-0.25, -0.2) is 19.7 Å². The molecule has 0 aliphatic heterocycles. The molecule has 0 bridgehead atoms. The molecule has 0 saturated heterocycles. The van der Waals surface area contributed by atoms with Crippen molar-refractivity contribution in [3.8, 4) is 45.3 Å². The maximum Gasteiger partial charge on any atom is 0.328 e. The van der Waals surface area contributed by atoms with Crippen LogP contribution in [0.4, 0.5) is 0 Å². The minimum absolute atomic E-state index is 0.0427. The highest BCUT2D eigenvalue weighted by atomic mass is 16.1. The summed E-state index contributed by atoms with van der Waals surface area (Å²) in [5.41, 5.74) is 6.52. The van der Waals surface area contributed by atoms with Crippen molar-refractivity contribution in [1.82, 2.24) is 24.1 Å². The van der Waals surface area contributed by atoms with E-state index in [1.165, 1.54) is 16.2 Å². The Morgan fingerprint density at radius 1 is 0.432 bits per heavy atom. The van der Waals surface area contributed by atoms with Crippen LogP contribution in [0.5, 0.6) is 0 Å². The van der Waals surface area contributed by atoms with Gasteiger partial charge in [0.05, 0.1) is 11.0 Å². The molecule has 6 aromatic carbocycles. The molecule has 0 aliphatic rings. The number of fused-ring (bicyclic) bond motifs is 4. The van der Waals surface area contributed by atoms with Crippen LogP contribution in [-0.2, 0) is 14.1 Å². The van der Waals surface area contributed by atoms with Gasteiger partial charge in [0, 0.05) is 30.8 Å². The number of nitrogens with zero attached hydrogens (tertiary/aromatic N) is 5. The Morgan fingerprint density at radius 2 is 1.00 bits per heavy atom.